The monoisotopic (exact) mass is 205 g/mol. The van der Waals surface area contributed by atoms with Gasteiger partial charge in [0.15, 0.2) is 0 Å². The summed E-state index contributed by atoms with van der Waals surface area (Å²) in [6, 6.07) is 6.24. The van der Waals surface area contributed by atoms with E-state index in [9.17, 15) is 8.42 Å². The van der Waals surface area contributed by atoms with Crippen molar-refractivity contribution in [2.45, 2.75) is 11.4 Å². The average molecular weight is 206 g/mol. The van der Waals surface area contributed by atoms with E-state index in [1.165, 1.54) is 12.1 Å². The molecule has 0 bridgehead atoms. The Kier molecular flexibility index (Phi) is 2.72. The van der Waals surface area contributed by atoms with Crippen LogP contribution in [0.2, 0.25) is 0 Å². The number of rotatable bonds is 2. The van der Waals surface area contributed by atoms with Crippen molar-refractivity contribution in [3.05, 3.63) is 29.8 Å². The normalized spacial score (nSPS) is 11.5. The Morgan fingerprint density at radius 2 is 2.08 bits per heavy atom. The lowest BCUT2D eigenvalue weighted by molar-refractivity contribution is 0.609. The molecule has 66 valence electrons. The third-order valence-electron chi connectivity index (χ3n) is 1.42. The van der Waals surface area contributed by atoms with Gasteiger partial charge in [-0.1, -0.05) is 12.1 Å². The van der Waals surface area contributed by atoms with Gasteiger partial charge in [-0.15, -0.1) is 0 Å². The highest BCUT2D eigenvalue weighted by atomic mass is 35.7. The highest BCUT2D eigenvalue weighted by molar-refractivity contribution is 8.13. The van der Waals surface area contributed by atoms with E-state index in [-0.39, 0.29) is 4.90 Å². The van der Waals surface area contributed by atoms with Crippen LogP contribution in [0.3, 0.4) is 0 Å². The van der Waals surface area contributed by atoms with Crippen LogP contribution in [0.15, 0.2) is 29.2 Å². The number of halogens is 1. The van der Waals surface area contributed by atoms with E-state index in [1.54, 1.807) is 12.1 Å². The van der Waals surface area contributed by atoms with Crippen molar-refractivity contribution >= 4 is 19.7 Å². The van der Waals surface area contributed by atoms with Crippen LogP contribution in [0, 0.1) is 0 Å². The summed E-state index contributed by atoms with van der Waals surface area (Å²) < 4.78 is 21.7. The molecule has 1 aromatic rings. The molecule has 1 aromatic carbocycles. The molecule has 0 fully saturated rings. The minimum absolute atomic E-state index is 0.0899. The summed E-state index contributed by atoms with van der Waals surface area (Å²) in [6.45, 7) is 0.306. The fraction of sp³-hybridized carbons (Fsp3) is 0.143. The SMILES string of the molecule is NCc1cccc(S(=O)(=O)Cl)c1. The lowest BCUT2D eigenvalue weighted by Gasteiger charge is -1.98. The highest BCUT2D eigenvalue weighted by Crippen LogP contribution is 2.15. The summed E-state index contributed by atoms with van der Waals surface area (Å²) in [5.41, 5.74) is 6.07. The Morgan fingerprint density at radius 1 is 1.42 bits per heavy atom. The Bertz CT molecular complexity index is 375. The predicted molar refractivity (Wildman–Crippen MR) is 47.4 cm³/mol. The van der Waals surface area contributed by atoms with Gasteiger partial charge in [0.05, 0.1) is 4.90 Å². The smallest absolute Gasteiger partial charge is 0.261 e. The fourth-order valence-corrected chi connectivity index (χ4v) is 1.65. The van der Waals surface area contributed by atoms with Crippen LogP contribution in [0.1, 0.15) is 5.56 Å². The zero-order valence-electron chi connectivity index (χ0n) is 6.20. The van der Waals surface area contributed by atoms with Crippen molar-refractivity contribution < 1.29 is 8.42 Å². The molecular weight excluding hydrogens is 198 g/mol. The van der Waals surface area contributed by atoms with Gasteiger partial charge in [-0.05, 0) is 17.7 Å². The summed E-state index contributed by atoms with van der Waals surface area (Å²) in [5, 5.41) is 0. The second-order valence-corrected chi connectivity index (χ2v) is 4.86. The van der Waals surface area contributed by atoms with Crippen molar-refractivity contribution in [2.24, 2.45) is 5.73 Å². The standard InChI is InChI=1S/C7H8ClNO2S/c8-12(10,11)7-3-1-2-6(4-7)5-9/h1-4H,5,9H2. The molecule has 0 saturated heterocycles. The largest absolute Gasteiger partial charge is 0.326 e. The lowest BCUT2D eigenvalue weighted by atomic mass is 10.2. The van der Waals surface area contributed by atoms with Gasteiger partial charge in [-0.2, -0.15) is 0 Å². The predicted octanol–water partition coefficient (Wildman–Crippen LogP) is 1.07. The third kappa shape index (κ3) is 2.20. The van der Waals surface area contributed by atoms with Gasteiger partial charge in [0.25, 0.3) is 9.05 Å². The minimum Gasteiger partial charge on any atom is -0.326 e. The Balaban J connectivity index is 3.20. The molecule has 0 radical (unpaired) electrons. The van der Waals surface area contributed by atoms with Crippen molar-refractivity contribution in [2.75, 3.05) is 0 Å². The molecule has 2 N–H and O–H groups in total. The molecule has 0 amide bonds. The number of benzene rings is 1. The first-order valence-electron chi connectivity index (χ1n) is 3.27. The Labute approximate surface area is 75.6 Å². The van der Waals surface area contributed by atoms with Gasteiger partial charge in [0.2, 0.25) is 0 Å². The second-order valence-electron chi connectivity index (χ2n) is 2.29. The van der Waals surface area contributed by atoms with Crippen molar-refractivity contribution in [3.63, 3.8) is 0 Å². The molecule has 0 aromatic heterocycles. The molecule has 5 heteroatoms. The first-order chi connectivity index (χ1) is 5.54. The maximum Gasteiger partial charge on any atom is 0.261 e. The second kappa shape index (κ2) is 3.43. The van der Waals surface area contributed by atoms with Gasteiger partial charge in [-0.25, -0.2) is 8.42 Å². The van der Waals surface area contributed by atoms with Crippen molar-refractivity contribution in [3.8, 4) is 0 Å². The zero-order chi connectivity index (χ0) is 9.19. The quantitative estimate of drug-likeness (QED) is 0.735. The van der Waals surface area contributed by atoms with Gasteiger partial charge >= 0.3 is 0 Å². The molecule has 1 rings (SSSR count). The first-order valence-corrected chi connectivity index (χ1v) is 5.58. The fourth-order valence-electron chi connectivity index (χ4n) is 0.824. The van der Waals surface area contributed by atoms with E-state index in [4.69, 9.17) is 16.4 Å². The average Bonchev–Trinajstić information content (AvgIpc) is 2.03. The molecule has 3 nitrogen and oxygen atoms in total. The van der Waals surface area contributed by atoms with Crippen molar-refractivity contribution in [1.82, 2.24) is 0 Å². The molecular formula is C7H8ClNO2S. The Morgan fingerprint density at radius 3 is 2.58 bits per heavy atom. The van der Waals surface area contributed by atoms with E-state index < -0.39 is 9.05 Å². The van der Waals surface area contributed by atoms with E-state index in [0.29, 0.717) is 6.54 Å². The number of hydrogen-bond acceptors (Lipinski definition) is 3. The molecule has 0 saturated carbocycles. The van der Waals surface area contributed by atoms with Crippen molar-refractivity contribution in [1.29, 1.82) is 0 Å². The maximum atomic E-state index is 10.8. The van der Waals surface area contributed by atoms with Crippen LogP contribution in [-0.4, -0.2) is 8.42 Å². The maximum absolute atomic E-state index is 10.8. The summed E-state index contributed by atoms with van der Waals surface area (Å²) in [6.07, 6.45) is 0. The highest BCUT2D eigenvalue weighted by Gasteiger charge is 2.08. The van der Waals surface area contributed by atoms with E-state index in [2.05, 4.69) is 0 Å². The molecule has 0 aliphatic carbocycles. The van der Waals surface area contributed by atoms with Gasteiger partial charge in [0.1, 0.15) is 0 Å². The third-order valence-corrected chi connectivity index (χ3v) is 2.77. The van der Waals surface area contributed by atoms with E-state index in [0.717, 1.165) is 5.56 Å². The molecule has 0 aliphatic heterocycles. The topological polar surface area (TPSA) is 60.2 Å². The van der Waals surface area contributed by atoms with Crippen LogP contribution in [0.4, 0.5) is 0 Å². The Hall–Kier alpha value is -0.580. The lowest BCUT2D eigenvalue weighted by Crippen LogP contribution is -1.98. The van der Waals surface area contributed by atoms with Gasteiger partial charge in [-0.3, -0.25) is 0 Å². The molecule has 0 unspecified atom stereocenters. The first kappa shape index (κ1) is 9.51. The minimum atomic E-state index is -3.62. The summed E-state index contributed by atoms with van der Waals surface area (Å²) in [4.78, 5) is 0.0899. The van der Waals surface area contributed by atoms with Crippen LogP contribution < -0.4 is 5.73 Å². The molecule has 0 atom stereocenters. The van der Waals surface area contributed by atoms with Crippen LogP contribution >= 0.6 is 10.7 Å². The molecule has 0 spiro atoms. The molecule has 0 aliphatic rings. The van der Waals surface area contributed by atoms with Crippen LogP contribution in [-0.2, 0) is 15.6 Å². The van der Waals surface area contributed by atoms with Crippen LogP contribution in [0.25, 0.3) is 0 Å². The molecule has 12 heavy (non-hydrogen) atoms. The summed E-state index contributed by atoms with van der Waals surface area (Å²) in [5.74, 6) is 0. The van der Waals surface area contributed by atoms with Gasteiger partial charge < -0.3 is 5.73 Å². The number of nitrogens with two attached hydrogens (primary N) is 1. The zero-order valence-corrected chi connectivity index (χ0v) is 7.77. The van der Waals surface area contributed by atoms with E-state index in [1.807, 2.05) is 0 Å². The number of hydrogen-bond donors (Lipinski definition) is 1. The van der Waals surface area contributed by atoms with Gasteiger partial charge in [0, 0.05) is 17.2 Å². The summed E-state index contributed by atoms with van der Waals surface area (Å²) in [7, 11) is 1.50. The van der Waals surface area contributed by atoms with E-state index >= 15 is 0 Å². The van der Waals surface area contributed by atoms with Crippen LogP contribution in [0.5, 0.6) is 0 Å². The summed E-state index contributed by atoms with van der Waals surface area (Å²) >= 11 is 0. The molecule has 0 heterocycles.